The van der Waals surface area contributed by atoms with Crippen molar-refractivity contribution in [3.8, 4) is 0 Å². The molecule has 0 heterocycles. The molecule has 1 rings (SSSR count). The second-order valence-corrected chi connectivity index (χ2v) is 3.38. The van der Waals surface area contributed by atoms with Gasteiger partial charge in [0.1, 0.15) is 0 Å². The predicted octanol–water partition coefficient (Wildman–Crippen LogP) is 1.60. The van der Waals surface area contributed by atoms with Gasteiger partial charge in [0.2, 0.25) is 0 Å². The summed E-state index contributed by atoms with van der Waals surface area (Å²) < 4.78 is 5.46. The van der Waals surface area contributed by atoms with E-state index in [4.69, 9.17) is 9.84 Å². The second-order valence-electron chi connectivity index (χ2n) is 3.38. The largest absolute Gasteiger partial charge is 0.465 e. The Balaban J connectivity index is 2.18. The van der Waals surface area contributed by atoms with Crippen molar-refractivity contribution in [2.75, 3.05) is 6.61 Å². The summed E-state index contributed by atoms with van der Waals surface area (Å²) in [5, 5.41) is 11.0. The number of carbonyl (C=O) groups is 1. The molecule has 0 aliphatic heterocycles. The van der Waals surface area contributed by atoms with Crippen LogP contribution in [0.4, 0.5) is 4.79 Å². The van der Waals surface area contributed by atoms with Crippen molar-refractivity contribution >= 4 is 6.09 Å². The maximum Gasteiger partial charge on any atom is 0.404 e. The molecular weight excluding hydrogens is 170 g/mol. The van der Waals surface area contributed by atoms with E-state index >= 15 is 0 Å². The maximum atomic E-state index is 10.3. The van der Waals surface area contributed by atoms with E-state index in [1.807, 2.05) is 6.92 Å². The lowest BCUT2D eigenvalue weighted by atomic mass is 9.93. The molecule has 0 spiro atoms. The van der Waals surface area contributed by atoms with Crippen LogP contribution >= 0.6 is 0 Å². The minimum Gasteiger partial charge on any atom is -0.465 e. The molecule has 0 aromatic carbocycles. The highest BCUT2D eigenvalue weighted by molar-refractivity contribution is 5.64. The van der Waals surface area contributed by atoms with Crippen molar-refractivity contribution in [1.82, 2.24) is 5.32 Å². The Kier molecular flexibility index (Phi) is 4.02. The van der Waals surface area contributed by atoms with Gasteiger partial charge in [0, 0.05) is 12.6 Å². The number of ether oxygens (including phenoxy) is 1. The van der Waals surface area contributed by atoms with E-state index in [2.05, 4.69) is 5.32 Å². The van der Waals surface area contributed by atoms with Crippen molar-refractivity contribution in [3.63, 3.8) is 0 Å². The zero-order valence-electron chi connectivity index (χ0n) is 7.95. The topological polar surface area (TPSA) is 58.6 Å². The van der Waals surface area contributed by atoms with Gasteiger partial charge < -0.3 is 15.2 Å². The minimum atomic E-state index is -0.917. The molecule has 1 saturated carbocycles. The van der Waals surface area contributed by atoms with Crippen LogP contribution in [0.1, 0.15) is 32.6 Å². The lowest BCUT2D eigenvalue weighted by Gasteiger charge is -2.27. The van der Waals surface area contributed by atoms with Gasteiger partial charge in [-0.3, -0.25) is 0 Å². The van der Waals surface area contributed by atoms with Crippen molar-refractivity contribution in [2.24, 2.45) is 0 Å². The van der Waals surface area contributed by atoms with E-state index < -0.39 is 6.09 Å². The van der Waals surface area contributed by atoms with Gasteiger partial charge in [0.25, 0.3) is 0 Å². The molecule has 0 atom stereocenters. The molecule has 1 aliphatic carbocycles. The minimum absolute atomic E-state index is 0.134. The van der Waals surface area contributed by atoms with Gasteiger partial charge in [0.15, 0.2) is 0 Å². The SMILES string of the molecule is CCO[C@H]1CC[C@H](NC(=O)O)CC1. The number of rotatable bonds is 3. The number of hydrogen-bond acceptors (Lipinski definition) is 2. The van der Waals surface area contributed by atoms with Gasteiger partial charge in [-0.2, -0.15) is 0 Å². The zero-order chi connectivity index (χ0) is 9.68. The van der Waals surface area contributed by atoms with Crippen LogP contribution in [0.25, 0.3) is 0 Å². The average Bonchev–Trinajstić information content (AvgIpc) is 2.08. The summed E-state index contributed by atoms with van der Waals surface area (Å²) in [5.74, 6) is 0. The van der Waals surface area contributed by atoms with E-state index in [9.17, 15) is 4.79 Å². The summed E-state index contributed by atoms with van der Waals surface area (Å²) in [5.41, 5.74) is 0. The quantitative estimate of drug-likeness (QED) is 0.705. The molecule has 0 unspecified atom stereocenters. The van der Waals surface area contributed by atoms with Gasteiger partial charge in [0.05, 0.1) is 6.10 Å². The van der Waals surface area contributed by atoms with Crippen molar-refractivity contribution in [3.05, 3.63) is 0 Å². The Morgan fingerprint density at radius 3 is 2.54 bits per heavy atom. The van der Waals surface area contributed by atoms with Gasteiger partial charge in [-0.15, -0.1) is 0 Å². The Morgan fingerprint density at radius 2 is 2.08 bits per heavy atom. The number of hydrogen-bond donors (Lipinski definition) is 2. The molecule has 1 aliphatic rings. The van der Waals surface area contributed by atoms with Crippen LogP contribution in [0, 0.1) is 0 Å². The first-order valence-corrected chi connectivity index (χ1v) is 4.83. The third-order valence-corrected chi connectivity index (χ3v) is 2.40. The van der Waals surface area contributed by atoms with Gasteiger partial charge in [-0.25, -0.2) is 4.79 Å². The second kappa shape index (κ2) is 5.07. The van der Waals surface area contributed by atoms with Crippen LogP contribution in [-0.2, 0) is 4.74 Å². The maximum absolute atomic E-state index is 10.3. The van der Waals surface area contributed by atoms with Gasteiger partial charge in [-0.1, -0.05) is 0 Å². The molecule has 0 aromatic heterocycles. The van der Waals surface area contributed by atoms with Crippen LogP contribution in [0.3, 0.4) is 0 Å². The smallest absolute Gasteiger partial charge is 0.404 e. The average molecular weight is 187 g/mol. The highest BCUT2D eigenvalue weighted by atomic mass is 16.5. The summed E-state index contributed by atoms with van der Waals surface area (Å²) in [6, 6.07) is 0.134. The summed E-state index contributed by atoms with van der Waals surface area (Å²) in [6.45, 7) is 2.74. The molecule has 1 amide bonds. The molecule has 1 fully saturated rings. The first-order valence-electron chi connectivity index (χ1n) is 4.83. The fraction of sp³-hybridized carbons (Fsp3) is 0.889. The molecule has 4 nitrogen and oxygen atoms in total. The van der Waals surface area contributed by atoms with Crippen LogP contribution in [0.5, 0.6) is 0 Å². The lowest BCUT2D eigenvalue weighted by Crippen LogP contribution is -2.38. The van der Waals surface area contributed by atoms with E-state index in [1.165, 1.54) is 0 Å². The summed E-state index contributed by atoms with van der Waals surface area (Å²) in [7, 11) is 0. The first-order chi connectivity index (χ1) is 6.22. The number of carboxylic acid groups (broad SMARTS) is 1. The number of amides is 1. The zero-order valence-corrected chi connectivity index (χ0v) is 7.95. The third-order valence-electron chi connectivity index (χ3n) is 2.40. The normalized spacial score (nSPS) is 28.4. The number of nitrogens with one attached hydrogen (secondary N) is 1. The molecule has 13 heavy (non-hydrogen) atoms. The lowest BCUT2D eigenvalue weighted by molar-refractivity contribution is 0.0305. The Hall–Kier alpha value is -0.770. The Bertz CT molecular complexity index is 164. The summed E-state index contributed by atoms with van der Waals surface area (Å²) >= 11 is 0. The molecule has 0 aromatic rings. The Labute approximate surface area is 78.3 Å². The van der Waals surface area contributed by atoms with E-state index in [0.29, 0.717) is 6.10 Å². The van der Waals surface area contributed by atoms with E-state index in [0.717, 1.165) is 32.3 Å². The molecular formula is C9H17NO3. The van der Waals surface area contributed by atoms with E-state index in [-0.39, 0.29) is 6.04 Å². The van der Waals surface area contributed by atoms with Gasteiger partial charge >= 0.3 is 6.09 Å². The fourth-order valence-electron chi connectivity index (χ4n) is 1.78. The molecule has 0 saturated heterocycles. The fourth-order valence-corrected chi connectivity index (χ4v) is 1.78. The summed E-state index contributed by atoms with van der Waals surface area (Å²) in [4.78, 5) is 10.3. The van der Waals surface area contributed by atoms with Crippen LogP contribution < -0.4 is 5.32 Å². The first kappa shape index (κ1) is 10.3. The molecule has 0 bridgehead atoms. The Morgan fingerprint density at radius 1 is 1.46 bits per heavy atom. The van der Waals surface area contributed by atoms with Crippen molar-refractivity contribution in [1.29, 1.82) is 0 Å². The van der Waals surface area contributed by atoms with Gasteiger partial charge in [-0.05, 0) is 32.6 Å². The molecule has 2 N–H and O–H groups in total. The predicted molar refractivity (Wildman–Crippen MR) is 48.8 cm³/mol. The molecule has 0 radical (unpaired) electrons. The monoisotopic (exact) mass is 187 g/mol. The third kappa shape index (κ3) is 3.63. The van der Waals surface area contributed by atoms with Crippen molar-refractivity contribution in [2.45, 2.75) is 44.8 Å². The van der Waals surface area contributed by atoms with Crippen molar-refractivity contribution < 1.29 is 14.6 Å². The summed E-state index contributed by atoms with van der Waals surface area (Å²) in [6.07, 6.45) is 3.17. The standard InChI is InChI=1S/C9H17NO3/c1-2-13-8-5-3-7(4-6-8)10-9(11)12/h7-8,10H,2-6H2,1H3,(H,11,12)/t7-,8-. The van der Waals surface area contributed by atoms with Crippen LogP contribution in [0.2, 0.25) is 0 Å². The highest BCUT2D eigenvalue weighted by Crippen LogP contribution is 2.20. The molecule has 4 heteroatoms. The van der Waals surface area contributed by atoms with Crippen LogP contribution in [0.15, 0.2) is 0 Å². The highest BCUT2D eigenvalue weighted by Gasteiger charge is 2.21. The van der Waals surface area contributed by atoms with Crippen LogP contribution in [-0.4, -0.2) is 30.0 Å². The molecule has 76 valence electrons. The van der Waals surface area contributed by atoms with E-state index in [1.54, 1.807) is 0 Å².